The number of hydrogen-bond donors (Lipinski definition) is 0. The molecule has 5 aromatic rings. The molecule has 1 aliphatic heterocycles. The van der Waals surface area contributed by atoms with Crippen molar-refractivity contribution < 1.29 is 9.47 Å². The molecule has 0 aliphatic carbocycles. The molecular weight excluding hydrogens is 509 g/mol. The molecule has 0 radical (unpaired) electrons. The predicted octanol–water partition coefficient (Wildman–Crippen LogP) is 6.61. The lowest BCUT2D eigenvalue weighted by atomic mass is 10.1. The Morgan fingerprint density at radius 1 is 0.703 bits per heavy atom. The molecule has 37 heavy (non-hydrogen) atoms. The van der Waals surface area contributed by atoms with Crippen molar-refractivity contribution in [2.24, 2.45) is 0 Å². The monoisotopic (exact) mass is 531 g/mol. The maximum absolute atomic E-state index is 6.30. The molecule has 1 aliphatic rings. The van der Waals surface area contributed by atoms with Gasteiger partial charge in [-0.3, -0.25) is 0 Å². The van der Waals surface area contributed by atoms with Crippen LogP contribution in [0.15, 0.2) is 72.9 Å². The molecule has 0 atom stereocenters. The van der Waals surface area contributed by atoms with Gasteiger partial charge in [0.05, 0.1) is 23.8 Å². The van der Waals surface area contributed by atoms with E-state index in [9.17, 15) is 0 Å². The van der Waals surface area contributed by atoms with Gasteiger partial charge in [-0.1, -0.05) is 23.2 Å². The van der Waals surface area contributed by atoms with E-state index in [0.717, 1.165) is 59.4 Å². The van der Waals surface area contributed by atoms with Crippen molar-refractivity contribution in [3.8, 4) is 17.4 Å². The summed E-state index contributed by atoms with van der Waals surface area (Å²) in [6.07, 6.45) is 1.72. The third kappa shape index (κ3) is 4.80. The highest BCUT2D eigenvalue weighted by molar-refractivity contribution is 6.31. The van der Waals surface area contributed by atoms with Crippen LogP contribution >= 0.6 is 23.2 Å². The first-order valence-electron chi connectivity index (χ1n) is 11.9. The summed E-state index contributed by atoms with van der Waals surface area (Å²) in [6, 6.07) is 20.8. The number of pyridine rings is 1. The molecule has 0 bridgehead atoms. The van der Waals surface area contributed by atoms with Crippen LogP contribution in [0.25, 0.3) is 21.8 Å². The molecule has 0 unspecified atom stereocenters. The molecule has 6 rings (SSSR count). The number of halogens is 2. The van der Waals surface area contributed by atoms with Gasteiger partial charge in [-0.15, -0.1) is 0 Å². The van der Waals surface area contributed by atoms with Gasteiger partial charge >= 0.3 is 0 Å². The molecule has 3 aromatic carbocycles. The smallest absolute Gasteiger partial charge is 0.228 e. The third-order valence-corrected chi connectivity index (χ3v) is 6.93. The van der Waals surface area contributed by atoms with Crippen LogP contribution in [0.4, 0.5) is 11.6 Å². The number of ether oxygens (including phenoxy) is 2. The molecule has 0 amide bonds. The number of fused-ring (bicyclic) bond motifs is 2. The zero-order chi connectivity index (χ0) is 25.4. The van der Waals surface area contributed by atoms with Gasteiger partial charge in [0.2, 0.25) is 11.8 Å². The number of aromatic nitrogens is 3. The van der Waals surface area contributed by atoms with E-state index < -0.39 is 0 Å². The fourth-order valence-electron chi connectivity index (χ4n) is 4.64. The van der Waals surface area contributed by atoms with Gasteiger partial charge < -0.3 is 19.3 Å². The molecule has 1 saturated heterocycles. The summed E-state index contributed by atoms with van der Waals surface area (Å²) in [5.74, 6) is 2.60. The van der Waals surface area contributed by atoms with Crippen molar-refractivity contribution in [3.05, 3.63) is 83.0 Å². The lowest BCUT2D eigenvalue weighted by molar-refractivity contribution is 0.415. The van der Waals surface area contributed by atoms with Gasteiger partial charge in [0, 0.05) is 59.3 Å². The Balaban J connectivity index is 1.27. The first-order valence-corrected chi connectivity index (χ1v) is 12.7. The van der Waals surface area contributed by atoms with E-state index in [1.165, 1.54) is 0 Å². The molecule has 0 spiro atoms. The highest BCUT2D eigenvalue weighted by Crippen LogP contribution is 2.37. The molecule has 0 N–H and O–H groups in total. The van der Waals surface area contributed by atoms with Crippen molar-refractivity contribution in [2.45, 2.75) is 0 Å². The van der Waals surface area contributed by atoms with E-state index in [1.807, 2.05) is 42.5 Å². The van der Waals surface area contributed by atoms with E-state index in [2.05, 4.69) is 25.8 Å². The van der Waals surface area contributed by atoms with Crippen LogP contribution in [0.1, 0.15) is 0 Å². The van der Waals surface area contributed by atoms with E-state index in [-0.39, 0.29) is 0 Å². The van der Waals surface area contributed by atoms with Crippen LogP contribution < -0.4 is 19.3 Å². The molecule has 9 heteroatoms. The maximum atomic E-state index is 6.30. The SMILES string of the molecule is COc1ccc2nc3cc(Cl)ccc3c(N3CCN(c4nccc(Oc5ccc(Cl)cc5)n4)CC3)c2c1. The maximum Gasteiger partial charge on any atom is 0.228 e. The van der Waals surface area contributed by atoms with Gasteiger partial charge in [0.25, 0.3) is 0 Å². The zero-order valence-corrected chi connectivity index (χ0v) is 21.6. The highest BCUT2D eigenvalue weighted by atomic mass is 35.5. The topological polar surface area (TPSA) is 63.6 Å². The Labute approximate surface area is 224 Å². The van der Waals surface area contributed by atoms with Crippen LogP contribution in [0, 0.1) is 0 Å². The minimum absolute atomic E-state index is 0.491. The van der Waals surface area contributed by atoms with Gasteiger partial charge in [-0.25, -0.2) is 9.97 Å². The Morgan fingerprint density at radius 2 is 1.43 bits per heavy atom. The Kier molecular flexibility index (Phi) is 6.32. The van der Waals surface area contributed by atoms with Gasteiger partial charge in [0.15, 0.2) is 0 Å². The van der Waals surface area contributed by atoms with E-state index in [0.29, 0.717) is 27.6 Å². The Bertz CT molecular complexity index is 1590. The van der Waals surface area contributed by atoms with Crippen LogP contribution in [0.2, 0.25) is 10.0 Å². The summed E-state index contributed by atoms with van der Waals surface area (Å²) in [6.45, 7) is 3.10. The highest BCUT2D eigenvalue weighted by Gasteiger charge is 2.23. The summed E-state index contributed by atoms with van der Waals surface area (Å²) in [5, 5.41) is 3.44. The molecule has 3 heterocycles. The van der Waals surface area contributed by atoms with E-state index in [1.54, 1.807) is 31.5 Å². The molecule has 1 fully saturated rings. The number of rotatable bonds is 5. The number of piperazine rings is 1. The zero-order valence-electron chi connectivity index (χ0n) is 20.1. The van der Waals surface area contributed by atoms with Crippen LogP contribution in [0.5, 0.6) is 17.4 Å². The predicted molar refractivity (Wildman–Crippen MR) is 149 cm³/mol. The lowest BCUT2D eigenvalue weighted by Crippen LogP contribution is -2.47. The normalized spacial score (nSPS) is 13.8. The van der Waals surface area contributed by atoms with Gasteiger partial charge in [-0.2, -0.15) is 4.98 Å². The molecule has 7 nitrogen and oxygen atoms in total. The molecule has 186 valence electrons. The summed E-state index contributed by atoms with van der Waals surface area (Å²) in [5.41, 5.74) is 2.91. The molecule has 2 aromatic heterocycles. The minimum atomic E-state index is 0.491. The number of methoxy groups -OCH3 is 1. The average molecular weight is 532 g/mol. The van der Waals surface area contributed by atoms with Gasteiger partial charge in [-0.05, 0) is 60.7 Å². The van der Waals surface area contributed by atoms with Crippen molar-refractivity contribution >= 4 is 56.6 Å². The number of nitrogens with zero attached hydrogens (tertiary/aromatic N) is 5. The second-order valence-electron chi connectivity index (χ2n) is 8.73. The lowest BCUT2D eigenvalue weighted by Gasteiger charge is -2.37. The van der Waals surface area contributed by atoms with Crippen molar-refractivity contribution in [2.75, 3.05) is 43.1 Å². The largest absolute Gasteiger partial charge is 0.497 e. The quantitative estimate of drug-likeness (QED) is 0.236. The molecular formula is C28H23Cl2N5O2. The number of hydrogen-bond acceptors (Lipinski definition) is 7. The van der Waals surface area contributed by atoms with Crippen LogP contribution in [-0.4, -0.2) is 48.2 Å². The minimum Gasteiger partial charge on any atom is -0.497 e. The van der Waals surface area contributed by atoms with Crippen molar-refractivity contribution in [3.63, 3.8) is 0 Å². The van der Waals surface area contributed by atoms with Crippen LogP contribution in [-0.2, 0) is 0 Å². The molecule has 0 saturated carbocycles. The van der Waals surface area contributed by atoms with E-state index in [4.69, 9.17) is 37.7 Å². The first kappa shape index (κ1) is 23.6. The number of benzene rings is 3. The fourth-order valence-corrected chi connectivity index (χ4v) is 4.93. The van der Waals surface area contributed by atoms with Crippen LogP contribution in [0.3, 0.4) is 0 Å². The second-order valence-corrected chi connectivity index (χ2v) is 9.60. The van der Waals surface area contributed by atoms with Crippen molar-refractivity contribution in [1.82, 2.24) is 15.0 Å². The summed E-state index contributed by atoms with van der Waals surface area (Å²) in [4.78, 5) is 18.6. The fraction of sp³-hybridized carbons (Fsp3) is 0.179. The summed E-state index contributed by atoms with van der Waals surface area (Å²) < 4.78 is 11.4. The first-order chi connectivity index (χ1) is 18.1. The third-order valence-electron chi connectivity index (χ3n) is 6.45. The second kappa shape index (κ2) is 9.92. The number of anilines is 2. The summed E-state index contributed by atoms with van der Waals surface area (Å²) >= 11 is 12.3. The van der Waals surface area contributed by atoms with E-state index >= 15 is 0 Å². The van der Waals surface area contributed by atoms with Gasteiger partial charge in [0.1, 0.15) is 11.5 Å². The average Bonchev–Trinajstić information content (AvgIpc) is 2.93. The summed E-state index contributed by atoms with van der Waals surface area (Å²) in [7, 11) is 1.68. The van der Waals surface area contributed by atoms with Crippen molar-refractivity contribution in [1.29, 1.82) is 0 Å². The Hall–Kier alpha value is -3.81. The standard InChI is InChI=1S/C28H23Cl2N5O2/c1-36-21-7-9-24-23(17-21)27(22-8-4-19(30)16-25(22)32-24)34-12-14-35(15-13-34)28-31-11-10-26(33-28)37-20-5-2-18(29)3-6-20/h2-11,16-17H,12-15H2,1H3. The Morgan fingerprint density at radius 3 is 2.22 bits per heavy atom.